The van der Waals surface area contributed by atoms with Gasteiger partial charge in [-0.2, -0.15) is 0 Å². The molecule has 4 atom stereocenters. The van der Waals surface area contributed by atoms with Gasteiger partial charge in [0, 0.05) is 5.92 Å². The van der Waals surface area contributed by atoms with Crippen LogP contribution in [0.25, 0.3) is 11.1 Å². The molecule has 0 radical (unpaired) electrons. The third-order valence-corrected chi connectivity index (χ3v) is 6.19. The molecule has 1 aliphatic carbocycles. The Morgan fingerprint density at radius 1 is 1.00 bits per heavy atom. The molecule has 2 aliphatic heterocycles. The molecule has 6 nitrogen and oxygen atoms in total. The first-order valence-corrected chi connectivity index (χ1v) is 9.63. The molecule has 2 bridgehead atoms. The quantitative estimate of drug-likeness (QED) is 0.852. The van der Waals surface area contributed by atoms with Crippen LogP contribution in [0.3, 0.4) is 0 Å². The zero-order valence-electron chi connectivity index (χ0n) is 15.2. The van der Waals surface area contributed by atoms with E-state index in [-0.39, 0.29) is 24.7 Å². The highest BCUT2D eigenvalue weighted by Crippen LogP contribution is 2.44. The first-order valence-electron chi connectivity index (χ1n) is 9.63. The molecule has 144 valence electrons. The van der Waals surface area contributed by atoms with E-state index >= 15 is 0 Å². The lowest BCUT2D eigenvalue weighted by Crippen LogP contribution is -2.49. The smallest absolute Gasteiger partial charge is 0.407 e. The molecule has 1 amide bonds. The predicted molar refractivity (Wildman–Crippen MR) is 101 cm³/mol. The molecule has 0 unspecified atom stereocenters. The van der Waals surface area contributed by atoms with Gasteiger partial charge in [0.05, 0.1) is 18.2 Å². The number of amides is 1. The Labute approximate surface area is 162 Å². The van der Waals surface area contributed by atoms with Gasteiger partial charge < -0.3 is 19.9 Å². The molecule has 0 spiro atoms. The normalized spacial score (nSPS) is 27.3. The average molecular weight is 379 g/mol. The number of hydrogen-bond acceptors (Lipinski definition) is 4. The fraction of sp³-hybridized carbons (Fsp3) is 0.364. The number of rotatable bonds is 4. The third kappa shape index (κ3) is 2.67. The number of alkyl carbamates (subject to hydrolysis) is 1. The van der Waals surface area contributed by atoms with E-state index in [9.17, 15) is 14.7 Å². The zero-order chi connectivity index (χ0) is 19.3. The van der Waals surface area contributed by atoms with Crippen molar-refractivity contribution in [3.05, 3.63) is 59.7 Å². The Balaban J connectivity index is 1.29. The molecule has 28 heavy (non-hydrogen) atoms. The Bertz CT molecular complexity index is 897. The first kappa shape index (κ1) is 17.3. The molecule has 2 N–H and O–H groups in total. The number of benzene rings is 2. The van der Waals surface area contributed by atoms with Gasteiger partial charge in [-0.1, -0.05) is 48.5 Å². The summed E-state index contributed by atoms with van der Waals surface area (Å²) in [6.07, 6.45) is 0.343. The number of carboxylic acids is 1. The number of fused-ring (bicyclic) bond motifs is 5. The van der Waals surface area contributed by atoms with Gasteiger partial charge >= 0.3 is 12.1 Å². The lowest BCUT2D eigenvalue weighted by Gasteiger charge is -2.25. The molecule has 2 heterocycles. The molecule has 2 aromatic rings. The highest BCUT2D eigenvalue weighted by molar-refractivity contribution is 5.79. The van der Waals surface area contributed by atoms with Crippen molar-refractivity contribution in [1.82, 2.24) is 5.32 Å². The van der Waals surface area contributed by atoms with Crippen molar-refractivity contribution in [3.8, 4) is 11.1 Å². The van der Waals surface area contributed by atoms with Crippen molar-refractivity contribution in [2.24, 2.45) is 5.92 Å². The van der Waals surface area contributed by atoms with Gasteiger partial charge in [0.25, 0.3) is 0 Å². The Morgan fingerprint density at radius 2 is 1.61 bits per heavy atom. The molecular formula is C22H21NO5. The summed E-state index contributed by atoms with van der Waals surface area (Å²) < 4.78 is 11.2. The molecule has 0 aromatic heterocycles. The molecule has 2 fully saturated rings. The van der Waals surface area contributed by atoms with Crippen molar-refractivity contribution >= 4 is 12.1 Å². The van der Waals surface area contributed by atoms with Crippen molar-refractivity contribution in [2.45, 2.75) is 37.0 Å². The van der Waals surface area contributed by atoms with Crippen LogP contribution in [-0.4, -0.2) is 42.0 Å². The average Bonchev–Trinajstić information content (AvgIpc) is 3.38. The summed E-state index contributed by atoms with van der Waals surface area (Å²) in [5, 5.41) is 12.2. The zero-order valence-corrected chi connectivity index (χ0v) is 15.2. The largest absolute Gasteiger partial charge is 0.481 e. The van der Waals surface area contributed by atoms with Gasteiger partial charge in [0.15, 0.2) is 0 Å². The summed E-state index contributed by atoms with van der Waals surface area (Å²) in [5.74, 6) is -1.67. The number of carbonyl (C=O) groups excluding carboxylic acids is 1. The maximum atomic E-state index is 12.4. The summed E-state index contributed by atoms with van der Waals surface area (Å²) in [6.45, 7) is 0.208. The molecule has 2 saturated heterocycles. The SMILES string of the molecule is O=C(N[C@@H]1[C@H](C(=O)O)[C@H]2CC[C@@H]1O2)OCC1c2ccccc2-c2ccccc21. The van der Waals surface area contributed by atoms with E-state index in [2.05, 4.69) is 29.6 Å². The number of hydrogen-bond donors (Lipinski definition) is 2. The van der Waals surface area contributed by atoms with E-state index in [0.717, 1.165) is 24.0 Å². The van der Waals surface area contributed by atoms with Gasteiger partial charge in [-0.15, -0.1) is 0 Å². The summed E-state index contributed by atoms with van der Waals surface area (Å²) in [5.41, 5.74) is 4.62. The Kier molecular flexibility index (Phi) is 4.09. The van der Waals surface area contributed by atoms with Gasteiger partial charge in [-0.3, -0.25) is 4.79 Å². The van der Waals surface area contributed by atoms with Crippen LogP contribution < -0.4 is 5.32 Å². The molecule has 2 aromatic carbocycles. The third-order valence-electron chi connectivity index (χ3n) is 6.19. The van der Waals surface area contributed by atoms with E-state index in [4.69, 9.17) is 9.47 Å². The first-order chi connectivity index (χ1) is 13.6. The monoisotopic (exact) mass is 379 g/mol. The fourth-order valence-electron chi connectivity index (χ4n) is 4.95. The number of carboxylic acid groups (broad SMARTS) is 1. The minimum Gasteiger partial charge on any atom is -0.481 e. The minimum atomic E-state index is -0.934. The van der Waals surface area contributed by atoms with Gasteiger partial charge in [-0.05, 0) is 35.1 Å². The Morgan fingerprint density at radius 3 is 2.25 bits per heavy atom. The highest BCUT2D eigenvalue weighted by Gasteiger charge is 2.53. The second-order valence-electron chi connectivity index (χ2n) is 7.65. The highest BCUT2D eigenvalue weighted by atomic mass is 16.6. The van der Waals surface area contributed by atoms with E-state index in [0.29, 0.717) is 0 Å². The van der Waals surface area contributed by atoms with Crippen molar-refractivity contribution in [3.63, 3.8) is 0 Å². The molecule has 3 aliphatic rings. The van der Waals surface area contributed by atoms with E-state index < -0.39 is 24.0 Å². The number of nitrogens with one attached hydrogen (secondary N) is 1. The maximum Gasteiger partial charge on any atom is 0.407 e. The summed E-state index contributed by atoms with van der Waals surface area (Å²) >= 11 is 0. The lowest BCUT2D eigenvalue weighted by atomic mass is 9.84. The second kappa shape index (κ2) is 6.63. The van der Waals surface area contributed by atoms with Crippen molar-refractivity contribution < 1.29 is 24.2 Å². The van der Waals surface area contributed by atoms with Crippen LogP contribution in [0, 0.1) is 5.92 Å². The van der Waals surface area contributed by atoms with Gasteiger partial charge in [-0.25, -0.2) is 4.79 Å². The van der Waals surface area contributed by atoms with Crippen LogP contribution in [-0.2, 0) is 14.3 Å². The minimum absolute atomic E-state index is 0.0234. The van der Waals surface area contributed by atoms with E-state index in [1.165, 1.54) is 11.1 Å². The molecular weight excluding hydrogens is 358 g/mol. The lowest BCUT2D eigenvalue weighted by molar-refractivity contribution is -0.144. The van der Waals surface area contributed by atoms with Gasteiger partial charge in [0.1, 0.15) is 12.5 Å². The molecule has 0 saturated carbocycles. The van der Waals surface area contributed by atoms with Crippen molar-refractivity contribution in [1.29, 1.82) is 0 Å². The predicted octanol–water partition coefficient (Wildman–Crippen LogP) is 3.16. The van der Waals surface area contributed by atoms with Gasteiger partial charge in [0.2, 0.25) is 0 Å². The summed E-state index contributed by atoms with van der Waals surface area (Å²) in [7, 11) is 0. The van der Waals surface area contributed by atoms with Crippen LogP contribution in [0.5, 0.6) is 0 Å². The summed E-state index contributed by atoms with van der Waals surface area (Å²) in [4.78, 5) is 24.0. The number of aliphatic carboxylic acids is 1. The molecule has 6 heteroatoms. The van der Waals surface area contributed by atoms with Crippen LogP contribution >= 0.6 is 0 Å². The van der Waals surface area contributed by atoms with Crippen LogP contribution in [0.1, 0.15) is 29.9 Å². The number of ether oxygens (including phenoxy) is 2. The second-order valence-corrected chi connectivity index (χ2v) is 7.65. The number of carbonyl (C=O) groups is 2. The standard InChI is InChI=1S/C22H21NO5/c24-21(25)19-17-9-10-18(28-17)20(19)23-22(26)27-11-16-14-7-3-1-5-12(14)13-6-2-4-8-15(13)16/h1-8,16-20H,9-11H2,(H,23,26)(H,24,25)/t17-,18+,19-,20+/m1/s1. The van der Waals surface area contributed by atoms with Crippen molar-refractivity contribution in [2.75, 3.05) is 6.61 Å². The topological polar surface area (TPSA) is 84.9 Å². The van der Waals surface area contributed by atoms with E-state index in [1.54, 1.807) is 0 Å². The Hall–Kier alpha value is -2.86. The van der Waals surface area contributed by atoms with Crippen LogP contribution in [0.4, 0.5) is 4.79 Å². The molecule has 5 rings (SSSR count). The fourth-order valence-corrected chi connectivity index (χ4v) is 4.95. The van der Waals surface area contributed by atoms with Crippen LogP contribution in [0.2, 0.25) is 0 Å². The van der Waals surface area contributed by atoms with Crippen LogP contribution in [0.15, 0.2) is 48.5 Å². The summed E-state index contributed by atoms with van der Waals surface area (Å²) in [6, 6.07) is 15.7. The maximum absolute atomic E-state index is 12.4. The van der Waals surface area contributed by atoms with E-state index in [1.807, 2.05) is 24.3 Å².